The number of carbonyl (C=O) groups is 1. The van der Waals surface area contributed by atoms with Crippen molar-refractivity contribution in [1.82, 2.24) is 10.3 Å². The fourth-order valence-corrected chi connectivity index (χ4v) is 1.95. The molecule has 7 heteroatoms. The summed E-state index contributed by atoms with van der Waals surface area (Å²) in [6.45, 7) is 0.304. The van der Waals surface area contributed by atoms with E-state index in [-0.39, 0.29) is 18.0 Å². The third-order valence-electron chi connectivity index (χ3n) is 3.04. The Bertz CT molecular complexity index is 688. The zero-order valence-electron chi connectivity index (χ0n) is 12.0. The molecule has 0 spiro atoms. The monoisotopic (exact) mass is 301 g/mol. The number of nitrogens with one attached hydrogen (secondary N) is 1. The number of methoxy groups -OCH3 is 1. The molecular weight excluding hydrogens is 286 g/mol. The topological polar surface area (TPSA) is 94.4 Å². The highest BCUT2D eigenvalue weighted by Crippen LogP contribution is 2.18. The van der Waals surface area contributed by atoms with E-state index < -0.39 is 4.92 Å². The van der Waals surface area contributed by atoms with Crippen LogP contribution in [0.3, 0.4) is 0 Å². The predicted molar refractivity (Wildman–Crippen MR) is 79.4 cm³/mol. The molecule has 0 aliphatic heterocycles. The summed E-state index contributed by atoms with van der Waals surface area (Å²) in [5, 5.41) is 13.6. The highest BCUT2D eigenvalue weighted by atomic mass is 16.6. The summed E-state index contributed by atoms with van der Waals surface area (Å²) in [7, 11) is 1.51. The van der Waals surface area contributed by atoms with Crippen LogP contribution in [-0.4, -0.2) is 22.9 Å². The summed E-state index contributed by atoms with van der Waals surface area (Å²) in [5.41, 5.74) is 1.17. The van der Waals surface area contributed by atoms with Gasteiger partial charge in [0.15, 0.2) is 0 Å². The lowest BCUT2D eigenvalue weighted by molar-refractivity contribution is -0.385. The summed E-state index contributed by atoms with van der Waals surface area (Å²) < 4.78 is 5.00. The van der Waals surface area contributed by atoms with E-state index in [0.29, 0.717) is 18.0 Å². The lowest BCUT2D eigenvalue weighted by Gasteiger charge is -2.07. The highest BCUT2D eigenvalue weighted by molar-refractivity contribution is 5.79. The van der Waals surface area contributed by atoms with E-state index >= 15 is 0 Å². The van der Waals surface area contributed by atoms with Gasteiger partial charge >= 0.3 is 0 Å². The van der Waals surface area contributed by atoms with Gasteiger partial charge in [-0.15, -0.1) is 0 Å². The van der Waals surface area contributed by atoms with E-state index in [2.05, 4.69) is 10.3 Å². The van der Waals surface area contributed by atoms with Gasteiger partial charge in [0.25, 0.3) is 5.69 Å². The number of hydrogen-bond donors (Lipinski definition) is 1. The van der Waals surface area contributed by atoms with Gasteiger partial charge in [0, 0.05) is 30.4 Å². The van der Waals surface area contributed by atoms with Crippen molar-refractivity contribution in [3.8, 4) is 5.88 Å². The Labute approximate surface area is 127 Å². The zero-order valence-corrected chi connectivity index (χ0v) is 12.0. The second-order valence-corrected chi connectivity index (χ2v) is 4.55. The molecule has 0 aliphatic rings. The largest absolute Gasteiger partial charge is 0.481 e. The molecule has 0 saturated carbocycles. The van der Waals surface area contributed by atoms with Crippen LogP contribution in [0.5, 0.6) is 5.88 Å². The Morgan fingerprint density at radius 3 is 2.86 bits per heavy atom. The van der Waals surface area contributed by atoms with Crippen LogP contribution < -0.4 is 10.1 Å². The smallest absolute Gasteiger partial charge is 0.273 e. The summed E-state index contributed by atoms with van der Waals surface area (Å²) in [4.78, 5) is 26.3. The van der Waals surface area contributed by atoms with E-state index in [1.807, 2.05) is 0 Å². The molecule has 1 amide bonds. The quantitative estimate of drug-likeness (QED) is 0.649. The van der Waals surface area contributed by atoms with Gasteiger partial charge in [-0.1, -0.05) is 18.2 Å². The average molecular weight is 301 g/mol. The van der Waals surface area contributed by atoms with Gasteiger partial charge in [0.05, 0.1) is 18.5 Å². The van der Waals surface area contributed by atoms with Gasteiger partial charge in [-0.25, -0.2) is 4.98 Å². The number of hydrogen-bond acceptors (Lipinski definition) is 5. The molecule has 0 unspecified atom stereocenters. The number of carbonyl (C=O) groups excluding carboxylic acids is 1. The van der Waals surface area contributed by atoms with Crippen LogP contribution in [0, 0.1) is 10.1 Å². The molecule has 0 bridgehead atoms. The standard InChI is InChI=1S/C15H15N3O4/c1-22-15-8-11(6-7-16-15)10-17-14(19)9-12-4-2-3-5-13(12)18(20)21/h2-8H,9-10H2,1H3,(H,17,19). The minimum atomic E-state index is -0.490. The molecule has 0 radical (unpaired) electrons. The van der Waals surface area contributed by atoms with Crippen molar-refractivity contribution in [2.24, 2.45) is 0 Å². The Hall–Kier alpha value is -2.96. The average Bonchev–Trinajstić information content (AvgIpc) is 2.53. The van der Waals surface area contributed by atoms with Crippen molar-refractivity contribution in [3.05, 3.63) is 63.8 Å². The maximum Gasteiger partial charge on any atom is 0.273 e. The molecule has 7 nitrogen and oxygen atoms in total. The molecular formula is C15H15N3O4. The number of nitro groups is 1. The number of nitro benzene ring substituents is 1. The molecule has 0 aliphatic carbocycles. The van der Waals surface area contributed by atoms with Gasteiger partial charge < -0.3 is 10.1 Å². The fourth-order valence-electron chi connectivity index (χ4n) is 1.95. The first-order chi connectivity index (χ1) is 10.6. The number of pyridine rings is 1. The minimum Gasteiger partial charge on any atom is -0.481 e. The zero-order chi connectivity index (χ0) is 15.9. The molecule has 1 aromatic heterocycles. The van der Waals surface area contributed by atoms with E-state index in [1.54, 1.807) is 36.5 Å². The van der Waals surface area contributed by atoms with Crippen LogP contribution in [0.15, 0.2) is 42.6 Å². The first-order valence-corrected chi connectivity index (χ1v) is 6.58. The van der Waals surface area contributed by atoms with Gasteiger partial charge in [0.2, 0.25) is 11.8 Å². The van der Waals surface area contributed by atoms with Crippen molar-refractivity contribution in [2.75, 3.05) is 7.11 Å². The molecule has 22 heavy (non-hydrogen) atoms. The Morgan fingerprint density at radius 1 is 1.36 bits per heavy atom. The second kappa shape index (κ2) is 7.16. The number of ether oxygens (including phenoxy) is 1. The van der Waals surface area contributed by atoms with E-state index in [9.17, 15) is 14.9 Å². The lowest BCUT2D eigenvalue weighted by Crippen LogP contribution is -2.24. The molecule has 2 rings (SSSR count). The number of aromatic nitrogens is 1. The van der Waals surface area contributed by atoms with Crippen molar-refractivity contribution < 1.29 is 14.5 Å². The Morgan fingerprint density at radius 2 is 2.14 bits per heavy atom. The molecule has 0 saturated heterocycles. The van der Waals surface area contributed by atoms with E-state index in [1.165, 1.54) is 13.2 Å². The van der Waals surface area contributed by atoms with Crippen LogP contribution in [-0.2, 0) is 17.8 Å². The second-order valence-electron chi connectivity index (χ2n) is 4.55. The van der Waals surface area contributed by atoms with Gasteiger partial charge in [0.1, 0.15) is 0 Å². The van der Waals surface area contributed by atoms with Crippen LogP contribution in [0.2, 0.25) is 0 Å². The molecule has 2 aromatic rings. The van der Waals surface area contributed by atoms with Gasteiger partial charge in [-0.3, -0.25) is 14.9 Å². The lowest BCUT2D eigenvalue weighted by atomic mass is 10.1. The normalized spacial score (nSPS) is 10.0. The number of benzene rings is 1. The number of nitrogens with zero attached hydrogens (tertiary/aromatic N) is 2. The first-order valence-electron chi connectivity index (χ1n) is 6.58. The van der Waals surface area contributed by atoms with Crippen LogP contribution in [0.25, 0.3) is 0 Å². The number of amides is 1. The van der Waals surface area contributed by atoms with Crippen molar-refractivity contribution in [2.45, 2.75) is 13.0 Å². The maximum atomic E-state index is 11.9. The van der Waals surface area contributed by atoms with E-state index in [0.717, 1.165) is 5.56 Å². The molecule has 1 N–H and O–H groups in total. The molecule has 1 heterocycles. The number of para-hydroxylation sites is 1. The molecule has 0 fully saturated rings. The van der Waals surface area contributed by atoms with Crippen molar-refractivity contribution in [3.63, 3.8) is 0 Å². The minimum absolute atomic E-state index is 0.0423. The Kier molecular flexibility index (Phi) is 5.02. The van der Waals surface area contributed by atoms with Crippen LogP contribution in [0.4, 0.5) is 5.69 Å². The summed E-state index contributed by atoms with van der Waals surface area (Å²) in [5.74, 6) is 0.176. The van der Waals surface area contributed by atoms with Crippen molar-refractivity contribution >= 4 is 11.6 Å². The van der Waals surface area contributed by atoms with Crippen molar-refractivity contribution in [1.29, 1.82) is 0 Å². The summed E-state index contributed by atoms with van der Waals surface area (Å²) in [6, 6.07) is 9.68. The van der Waals surface area contributed by atoms with E-state index in [4.69, 9.17) is 4.74 Å². The van der Waals surface area contributed by atoms with Crippen LogP contribution in [0.1, 0.15) is 11.1 Å². The summed E-state index contributed by atoms with van der Waals surface area (Å²) in [6.07, 6.45) is 1.54. The van der Waals surface area contributed by atoms with Crippen LogP contribution >= 0.6 is 0 Å². The number of rotatable bonds is 6. The first kappa shape index (κ1) is 15.4. The maximum absolute atomic E-state index is 11.9. The predicted octanol–water partition coefficient (Wildman–Crippen LogP) is 1.86. The third kappa shape index (κ3) is 4.02. The SMILES string of the molecule is COc1cc(CNC(=O)Cc2ccccc2[N+](=O)[O-])ccn1. The highest BCUT2D eigenvalue weighted by Gasteiger charge is 2.15. The van der Waals surface area contributed by atoms with Gasteiger partial charge in [-0.05, 0) is 11.6 Å². The molecule has 1 aromatic carbocycles. The van der Waals surface area contributed by atoms with Gasteiger partial charge in [-0.2, -0.15) is 0 Å². The Balaban J connectivity index is 1.97. The third-order valence-corrected chi connectivity index (χ3v) is 3.04. The molecule has 0 atom stereocenters. The summed E-state index contributed by atoms with van der Waals surface area (Å²) >= 11 is 0. The molecule has 114 valence electrons. The fraction of sp³-hybridized carbons (Fsp3) is 0.200.